The molecule has 2 heteroatoms. The third-order valence-electron chi connectivity index (χ3n) is 2.95. The van der Waals surface area contributed by atoms with Crippen LogP contribution in [-0.2, 0) is 9.47 Å². The molecule has 1 heterocycles. The van der Waals surface area contributed by atoms with Crippen LogP contribution in [0, 0.1) is 0 Å². The van der Waals surface area contributed by atoms with Gasteiger partial charge in [-0.3, -0.25) is 0 Å². The topological polar surface area (TPSA) is 18.5 Å². The molecular weight excluding hydrogens is 200 g/mol. The number of hydrogen-bond acceptors (Lipinski definition) is 2. The number of ether oxygens (including phenoxy) is 2. The van der Waals surface area contributed by atoms with Crippen molar-refractivity contribution in [1.82, 2.24) is 0 Å². The van der Waals surface area contributed by atoms with Crippen LogP contribution in [0.4, 0.5) is 0 Å². The monoisotopic (exact) mass is 220 g/mol. The molecule has 0 bridgehead atoms. The van der Waals surface area contributed by atoms with E-state index in [4.69, 9.17) is 9.47 Å². The molecule has 88 valence electrons. The van der Waals surface area contributed by atoms with Crippen LogP contribution in [0.2, 0.25) is 0 Å². The van der Waals surface area contributed by atoms with Crippen molar-refractivity contribution >= 4 is 0 Å². The molecular formula is C14H20O2. The normalized spacial score (nSPS) is 30.2. The second-order valence-corrected chi connectivity index (χ2v) is 4.47. The maximum atomic E-state index is 5.96. The highest BCUT2D eigenvalue weighted by Gasteiger charge is 2.27. The minimum Gasteiger partial charge on any atom is -0.345 e. The Morgan fingerprint density at radius 1 is 1.19 bits per heavy atom. The first-order valence-corrected chi connectivity index (χ1v) is 6.15. The first-order chi connectivity index (χ1) is 7.79. The smallest absolute Gasteiger partial charge is 0.184 e. The summed E-state index contributed by atoms with van der Waals surface area (Å²) < 4.78 is 11.8. The Hall–Kier alpha value is -0.860. The molecule has 0 radical (unpaired) electrons. The fourth-order valence-corrected chi connectivity index (χ4v) is 2.17. The standard InChI is InChI=1S/C14H20O2/c1-3-7-13-10-11(2)15-14(16-13)12-8-5-4-6-9-12/h4-6,8-9,11,13-14H,3,7,10H2,1-2H3. The third-order valence-corrected chi connectivity index (χ3v) is 2.95. The number of hydrogen-bond donors (Lipinski definition) is 0. The average molecular weight is 220 g/mol. The fourth-order valence-electron chi connectivity index (χ4n) is 2.17. The summed E-state index contributed by atoms with van der Waals surface area (Å²) in [6.45, 7) is 4.32. The molecule has 16 heavy (non-hydrogen) atoms. The molecule has 1 aromatic carbocycles. The molecule has 1 fully saturated rings. The molecule has 3 atom stereocenters. The zero-order valence-electron chi connectivity index (χ0n) is 10.1. The SMILES string of the molecule is CCCC1CC(C)OC(c2ccccc2)O1. The first-order valence-electron chi connectivity index (χ1n) is 6.15. The molecule has 0 amide bonds. The molecule has 2 rings (SSSR count). The molecule has 1 aromatic rings. The van der Waals surface area contributed by atoms with Crippen molar-refractivity contribution in [3.8, 4) is 0 Å². The highest BCUT2D eigenvalue weighted by molar-refractivity contribution is 5.16. The second kappa shape index (κ2) is 5.46. The summed E-state index contributed by atoms with van der Waals surface area (Å²) in [5.74, 6) is 0. The zero-order valence-corrected chi connectivity index (χ0v) is 10.1. The van der Waals surface area contributed by atoms with Gasteiger partial charge in [0.2, 0.25) is 0 Å². The van der Waals surface area contributed by atoms with Crippen LogP contribution in [0.25, 0.3) is 0 Å². The van der Waals surface area contributed by atoms with E-state index in [2.05, 4.69) is 26.0 Å². The predicted octanol–water partition coefficient (Wildman–Crippen LogP) is 3.68. The van der Waals surface area contributed by atoms with Gasteiger partial charge in [-0.25, -0.2) is 0 Å². The summed E-state index contributed by atoms with van der Waals surface area (Å²) in [4.78, 5) is 0. The van der Waals surface area contributed by atoms with E-state index in [0.717, 1.165) is 18.4 Å². The van der Waals surface area contributed by atoms with Crippen LogP contribution in [0.15, 0.2) is 30.3 Å². The van der Waals surface area contributed by atoms with Crippen molar-refractivity contribution in [2.75, 3.05) is 0 Å². The van der Waals surface area contributed by atoms with Gasteiger partial charge >= 0.3 is 0 Å². The van der Waals surface area contributed by atoms with Crippen LogP contribution < -0.4 is 0 Å². The average Bonchev–Trinajstić information content (AvgIpc) is 2.30. The summed E-state index contributed by atoms with van der Waals surface area (Å²) in [6, 6.07) is 10.2. The van der Waals surface area contributed by atoms with E-state index in [1.165, 1.54) is 6.42 Å². The minimum absolute atomic E-state index is 0.179. The van der Waals surface area contributed by atoms with Gasteiger partial charge in [-0.15, -0.1) is 0 Å². The predicted molar refractivity (Wildman–Crippen MR) is 64.1 cm³/mol. The Kier molecular flexibility index (Phi) is 3.97. The molecule has 3 unspecified atom stereocenters. The van der Waals surface area contributed by atoms with E-state index in [-0.39, 0.29) is 12.4 Å². The molecule has 1 aliphatic heterocycles. The second-order valence-electron chi connectivity index (χ2n) is 4.47. The summed E-state index contributed by atoms with van der Waals surface area (Å²) in [5, 5.41) is 0. The highest BCUT2D eigenvalue weighted by Crippen LogP contribution is 2.31. The Morgan fingerprint density at radius 3 is 2.62 bits per heavy atom. The molecule has 0 N–H and O–H groups in total. The van der Waals surface area contributed by atoms with Crippen LogP contribution in [0.5, 0.6) is 0 Å². The van der Waals surface area contributed by atoms with E-state index >= 15 is 0 Å². The third kappa shape index (κ3) is 2.83. The van der Waals surface area contributed by atoms with Crippen LogP contribution in [0.3, 0.4) is 0 Å². The lowest BCUT2D eigenvalue weighted by Gasteiger charge is -2.34. The Balaban J connectivity index is 2.04. The molecule has 0 spiro atoms. The van der Waals surface area contributed by atoms with Crippen LogP contribution >= 0.6 is 0 Å². The maximum Gasteiger partial charge on any atom is 0.184 e. The molecule has 2 nitrogen and oxygen atoms in total. The van der Waals surface area contributed by atoms with Crippen molar-refractivity contribution in [3.63, 3.8) is 0 Å². The lowest BCUT2D eigenvalue weighted by atomic mass is 10.1. The van der Waals surface area contributed by atoms with Crippen molar-refractivity contribution in [2.45, 2.75) is 51.6 Å². The minimum atomic E-state index is -0.179. The van der Waals surface area contributed by atoms with Crippen LogP contribution in [-0.4, -0.2) is 12.2 Å². The van der Waals surface area contributed by atoms with Crippen molar-refractivity contribution in [1.29, 1.82) is 0 Å². The lowest BCUT2D eigenvalue weighted by Crippen LogP contribution is -2.32. The zero-order chi connectivity index (χ0) is 11.4. The number of benzene rings is 1. The first kappa shape index (κ1) is 11.6. The molecule has 0 saturated carbocycles. The van der Waals surface area contributed by atoms with Gasteiger partial charge in [-0.2, -0.15) is 0 Å². The van der Waals surface area contributed by atoms with E-state index in [1.807, 2.05) is 18.2 Å². The fraction of sp³-hybridized carbons (Fsp3) is 0.571. The van der Waals surface area contributed by atoms with Gasteiger partial charge in [0.1, 0.15) is 0 Å². The van der Waals surface area contributed by atoms with E-state index in [9.17, 15) is 0 Å². The van der Waals surface area contributed by atoms with E-state index < -0.39 is 0 Å². The quantitative estimate of drug-likeness (QED) is 0.773. The molecule has 1 saturated heterocycles. The van der Waals surface area contributed by atoms with E-state index in [1.54, 1.807) is 0 Å². The van der Waals surface area contributed by atoms with Gasteiger partial charge < -0.3 is 9.47 Å². The van der Waals surface area contributed by atoms with Crippen LogP contribution in [0.1, 0.15) is 45.0 Å². The maximum absolute atomic E-state index is 5.96. The Morgan fingerprint density at radius 2 is 1.94 bits per heavy atom. The molecule has 0 aliphatic carbocycles. The number of rotatable bonds is 3. The summed E-state index contributed by atoms with van der Waals surface area (Å²) in [5.41, 5.74) is 1.12. The van der Waals surface area contributed by atoms with Gasteiger partial charge in [-0.05, 0) is 19.8 Å². The van der Waals surface area contributed by atoms with Gasteiger partial charge in [0.25, 0.3) is 0 Å². The highest BCUT2D eigenvalue weighted by atomic mass is 16.7. The van der Waals surface area contributed by atoms with Gasteiger partial charge in [0, 0.05) is 5.56 Å². The summed E-state index contributed by atoms with van der Waals surface area (Å²) in [7, 11) is 0. The summed E-state index contributed by atoms with van der Waals surface area (Å²) in [6.07, 6.45) is 3.75. The molecule has 1 aliphatic rings. The van der Waals surface area contributed by atoms with Gasteiger partial charge in [0.15, 0.2) is 6.29 Å². The van der Waals surface area contributed by atoms with E-state index in [0.29, 0.717) is 6.10 Å². The Labute approximate surface area is 97.6 Å². The lowest BCUT2D eigenvalue weighted by molar-refractivity contribution is -0.244. The van der Waals surface area contributed by atoms with Crippen molar-refractivity contribution in [3.05, 3.63) is 35.9 Å². The summed E-state index contributed by atoms with van der Waals surface area (Å²) >= 11 is 0. The van der Waals surface area contributed by atoms with Crippen molar-refractivity contribution < 1.29 is 9.47 Å². The van der Waals surface area contributed by atoms with Gasteiger partial charge in [-0.1, -0.05) is 43.7 Å². The largest absolute Gasteiger partial charge is 0.345 e. The van der Waals surface area contributed by atoms with Crippen molar-refractivity contribution in [2.24, 2.45) is 0 Å². The molecule has 0 aromatic heterocycles. The Bertz CT molecular complexity index is 310. The van der Waals surface area contributed by atoms with Gasteiger partial charge in [0.05, 0.1) is 12.2 Å².